The van der Waals surface area contributed by atoms with Crippen LogP contribution in [0.3, 0.4) is 0 Å². The van der Waals surface area contributed by atoms with Crippen molar-refractivity contribution in [2.45, 2.75) is 13.3 Å². The lowest BCUT2D eigenvalue weighted by molar-refractivity contribution is 0.0841. The molecule has 0 saturated carbocycles. The second-order valence-corrected chi connectivity index (χ2v) is 5.72. The van der Waals surface area contributed by atoms with Gasteiger partial charge in [-0.1, -0.05) is 42.4 Å². The third-order valence-corrected chi connectivity index (χ3v) is 3.68. The molecule has 7 nitrogen and oxygen atoms in total. The number of benzene rings is 2. The van der Waals surface area contributed by atoms with E-state index in [0.29, 0.717) is 23.7 Å². The molecule has 2 amide bonds. The summed E-state index contributed by atoms with van der Waals surface area (Å²) in [7, 11) is 0. The fourth-order valence-corrected chi connectivity index (χ4v) is 2.29. The lowest BCUT2D eigenvalue weighted by Gasteiger charge is -2.07. The number of amides is 2. The Labute approximate surface area is 156 Å². The molecule has 1 aromatic heterocycles. The predicted octanol–water partition coefficient (Wildman–Crippen LogP) is 3.21. The monoisotopic (exact) mass is 365 g/mol. The van der Waals surface area contributed by atoms with Crippen molar-refractivity contribution in [1.82, 2.24) is 16.0 Å². The van der Waals surface area contributed by atoms with Crippen molar-refractivity contribution in [3.05, 3.63) is 71.9 Å². The first-order valence-corrected chi connectivity index (χ1v) is 8.53. The summed E-state index contributed by atoms with van der Waals surface area (Å²) < 4.78 is 10.6. The third kappa shape index (κ3) is 4.72. The Kier molecular flexibility index (Phi) is 5.84. The summed E-state index contributed by atoms with van der Waals surface area (Å²) in [5.74, 6) is 0.137. The van der Waals surface area contributed by atoms with E-state index in [1.165, 1.54) is 6.07 Å². The van der Waals surface area contributed by atoms with Crippen LogP contribution in [0.4, 0.5) is 0 Å². The minimum Gasteiger partial charge on any atom is -0.494 e. The first-order chi connectivity index (χ1) is 13.2. The molecule has 3 rings (SSSR count). The van der Waals surface area contributed by atoms with E-state index in [1.54, 1.807) is 24.3 Å². The largest absolute Gasteiger partial charge is 0.494 e. The molecule has 0 radical (unpaired) electrons. The molecule has 0 spiro atoms. The number of rotatable bonds is 6. The molecule has 3 aromatic rings. The molecule has 0 aliphatic rings. The molecule has 7 heteroatoms. The van der Waals surface area contributed by atoms with E-state index in [-0.39, 0.29) is 5.69 Å². The highest BCUT2D eigenvalue weighted by atomic mass is 16.5. The van der Waals surface area contributed by atoms with Gasteiger partial charge in [-0.15, -0.1) is 0 Å². The Bertz CT molecular complexity index is 904. The Hall–Kier alpha value is -3.61. The normalized spacial score (nSPS) is 10.3. The van der Waals surface area contributed by atoms with Crippen LogP contribution in [0, 0.1) is 0 Å². The molecular formula is C20H19N3O4. The van der Waals surface area contributed by atoms with Crippen molar-refractivity contribution in [2.75, 3.05) is 6.61 Å². The van der Waals surface area contributed by atoms with E-state index < -0.39 is 11.8 Å². The highest BCUT2D eigenvalue weighted by Gasteiger charge is 2.15. The first kappa shape index (κ1) is 18.2. The maximum absolute atomic E-state index is 12.1. The summed E-state index contributed by atoms with van der Waals surface area (Å²) in [5.41, 5.74) is 5.93. The van der Waals surface area contributed by atoms with Crippen LogP contribution in [0.15, 0.2) is 65.2 Å². The Morgan fingerprint density at radius 2 is 1.70 bits per heavy atom. The molecule has 0 saturated heterocycles. The van der Waals surface area contributed by atoms with Gasteiger partial charge in [-0.2, -0.15) is 0 Å². The van der Waals surface area contributed by atoms with Crippen LogP contribution in [0.2, 0.25) is 0 Å². The van der Waals surface area contributed by atoms with Gasteiger partial charge in [0.1, 0.15) is 5.75 Å². The second-order valence-electron chi connectivity index (χ2n) is 5.72. The van der Waals surface area contributed by atoms with E-state index in [4.69, 9.17) is 9.26 Å². The van der Waals surface area contributed by atoms with E-state index in [2.05, 4.69) is 16.0 Å². The van der Waals surface area contributed by atoms with Crippen molar-refractivity contribution < 1.29 is 18.8 Å². The maximum atomic E-state index is 12.1. The molecule has 0 unspecified atom stereocenters. The van der Waals surface area contributed by atoms with Crippen LogP contribution in [-0.4, -0.2) is 23.6 Å². The molecule has 0 bridgehead atoms. The van der Waals surface area contributed by atoms with Crippen LogP contribution in [0.25, 0.3) is 11.3 Å². The number of carbonyl (C=O) groups excluding carboxylic acids is 2. The van der Waals surface area contributed by atoms with Crippen molar-refractivity contribution in [2.24, 2.45) is 0 Å². The van der Waals surface area contributed by atoms with Gasteiger partial charge in [-0.25, -0.2) is 0 Å². The maximum Gasteiger partial charge on any atom is 0.291 e. The number of hydrogen-bond donors (Lipinski definition) is 2. The quantitative estimate of drug-likeness (QED) is 0.654. The Morgan fingerprint density at radius 3 is 2.41 bits per heavy atom. The number of hydrogen-bond acceptors (Lipinski definition) is 5. The lowest BCUT2D eigenvalue weighted by Crippen LogP contribution is -2.41. The van der Waals surface area contributed by atoms with Gasteiger partial charge in [0.05, 0.1) is 6.61 Å². The van der Waals surface area contributed by atoms with Crippen LogP contribution in [0.5, 0.6) is 5.75 Å². The predicted molar refractivity (Wildman–Crippen MR) is 99.1 cm³/mol. The average molecular weight is 365 g/mol. The van der Waals surface area contributed by atoms with Gasteiger partial charge in [0.2, 0.25) is 0 Å². The van der Waals surface area contributed by atoms with Gasteiger partial charge in [0.25, 0.3) is 11.8 Å². The summed E-state index contributed by atoms with van der Waals surface area (Å²) >= 11 is 0. The number of nitrogens with one attached hydrogen (secondary N) is 2. The number of ether oxygens (including phenoxy) is 1. The van der Waals surface area contributed by atoms with Gasteiger partial charge in [0, 0.05) is 17.2 Å². The summed E-state index contributed by atoms with van der Waals surface area (Å²) in [4.78, 5) is 24.3. The zero-order chi connectivity index (χ0) is 19.1. The van der Waals surface area contributed by atoms with Gasteiger partial charge >= 0.3 is 0 Å². The first-order valence-electron chi connectivity index (χ1n) is 8.53. The van der Waals surface area contributed by atoms with Crippen LogP contribution in [0.1, 0.15) is 34.2 Å². The smallest absolute Gasteiger partial charge is 0.291 e. The molecule has 0 atom stereocenters. The van der Waals surface area contributed by atoms with Gasteiger partial charge in [0.15, 0.2) is 11.5 Å². The van der Waals surface area contributed by atoms with E-state index >= 15 is 0 Å². The van der Waals surface area contributed by atoms with Crippen LogP contribution < -0.4 is 15.6 Å². The molecule has 2 N–H and O–H groups in total. The summed E-state index contributed by atoms with van der Waals surface area (Å²) in [6.07, 6.45) is 0.905. The molecule has 1 heterocycles. The third-order valence-electron chi connectivity index (χ3n) is 3.68. The standard InChI is InChI=1S/C20H19N3O4/c1-2-12-26-16-10-8-15(9-11-16)19(24)21-22-20(25)17-13-18(27-23-17)14-6-4-3-5-7-14/h3-11,13H,2,12H2,1H3,(H,21,24)(H,22,25). The fourth-order valence-electron chi connectivity index (χ4n) is 2.29. The van der Waals surface area contributed by atoms with Gasteiger partial charge < -0.3 is 9.26 Å². The summed E-state index contributed by atoms with van der Waals surface area (Å²) in [6, 6.07) is 17.4. The number of nitrogens with zero attached hydrogens (tertiary/aromatic N) is 1. The second kappa shape index (κ2) is 8.66. The molecule has 27 heavy (non-hydrogen) atoms. The molecule has 0 aliphatic carbocycles. The highest BCUT2D eigenvalue weighted by Crippen LogP contribution is 2.19. The molecule has 138 valence electrons. The number of aromatic nitrogens is 1. The Balaban J connectivity index is 1.56. The average Bonchev–Trinajstić information content (AvgIpc) is 3.21. The zero-order valence-electron chi connectivity index (χ0n) is 14.8. The van der Waals surface area contributed by atoms with Crippen molar-refractivity contribution in [3.63, 3.8) is 0 Å². The summed E-state index contributed by atoms with van der Waals surface area (Å²) in [6.45, 7) is 2.63. The van der Waals surface area contributed by atoms with E-state index in [9.17, 15) is 9.59 Å². The van der Waals surface area contributed by atoms with Crippen LogP contribution in [-0.2, 0) is 0 Å². The fraction of sp³-hybridized carbons (Fsp3) is 0.150. The molecule has 0 aliphatic heterocycles. The van der Waals surface area contributed by atoms with Gasteiger partial charge in [-0.05, 0) is 30.7 Å². The van der Waals surface area contributed by atoms with Crippen molar-refractivity contribution in [3.8, 4) is 17.1 Å². The van der Waals surface area contributed by atoms with Crippen molar-refractivity contribution in [1.29, 1.82) is 0 Å². The van der Waals surface area contributed by atoms with E-state index in [0.717, 1.165) is 12.0 Å². The SMILES string of the molecule is CCCOc1ccc(C(=O)NNC(=O)c2cc(-c3ccccc3)on2)cc1. The number of carbonyl (C=O) groups is 2. The van der Waals surface area contributed by atoms with Crippen LogP contribution >= 0.6 is 0 Å². The molecule has 2 aromatic carbocycles. The highest BCUT2D eigenvalue weighted by molar-refractivity contribution is 5.98. The topological polar surface area (TPSA) is 93.5 Å². The minimum absolute atomic E-state index is 0.0671. The zero-order valence-corrected chi connectivity index (χ0v) is 14.8. The minimum atomic E-state index is -0.572. The molecule has 0 fully saturated rings. The van der Waals surface area contributed by atoms with Gasteiger partial charge in [-0.3, -0.25) is 20.4 Å². The van der Waals surface area contributed by atoms with Crippen molar-refractivity contribution >= 4 is 11.8 Å². The summed E-state index contributed by atoms with van der Waals surface area (Å²) in [5, 5.41) is 3.73. The lowest BCUT2D eigenvalue weighted by atomic mass is 10.1. The Morgan fingerprint density at radius 1 is 1.00 bits per heavy atom. The van der Waals surface area contributed by atoms with E-state index in [1.807, 2.05) is 37.3 Å². The number of hydrazine groups is 1. The molecular weight excluding hydrogens is 346 g/mol.